The van der Waals surface area contributed by atoms with Gasteiger partial charge in [-0.25, -0.2) is 5.43 Å². The van der Waals surface area contributed by atoms with E-state index in [0.717, 1.165) is 16.8 Å². The van der Waals surface area contributed by atoms with Crippen LogP contribution in [0.3, 0.4) is 0 Å². The minimum absolute atomic E-state index is 0.0838. The molecule has 0 fully saturated rings. The number of carbonyl (C=O) groups is 2. The molecule has 0 radical (unpaired) electrons. The van der Waals surface area contributed by atoms with Gasteiger partial charge in [0.25, 0.3) is 0 Å². The summed E-state index contributed by atoms with van der Waals surface area (Å²) in [6.07, 6.45) is 3.78. The number of nitrogens with zero attached hydrogens (tertiary/aromatic N) is 1. The summed E-state index contributed by atoms with van der Waals surface area (Å²) < 4.78 is 0. The van der Waals surface area contributed by atoms with Gasteiger partial charge in [0.15, 0.2) is 0 Å². The molecule has 25 heavy (non-hydrogen) atoms. The van der Waals surface area contributed by atoms with Crippen molar-refractivity contribution in [2.75, 3.05) is 11.6 Å². The molecular formula is C19H21N3O2S. The van der Waals surface area contributed by atoms with Gasteiger partial charge < -0.3 is 5.32 Å². The Hall–Kier alpha value is -2.60. The highest BCUT2D eigenvalue weighted by Gasteiger charge is 2.07. The maximum atomic E-state index is 11.9. The van der Waals surface area contributed by atoms with Gasteiger partial charge >= 0.3 is 0 Å². The number of anilines is 1. The molecule has 0 heterocycles. The van der Waals surface area contributed by atoms with Crippen molar-refractivity contribution in [1.29, 1.82) is 0 Å². The summed E-state index contributed by atoms with van der Waals surface area (Å²) in [5, 5.41) is 6.71. The smallest absolute Gasteiger partial charge is 0.240 e. The average molecular weight is 355 g/mol. The fourth-order valence-electron chi connectivity index (χ4n) is 2.08. The number of thioether (sulfide) groups is 1. The van der Waals surface area contributed by atoms with Gasteiger partial charge in [-0.1, -0.05) is 30.3 Å². The molecule has 0 saturated heterocycles. The summed E-state index contributed by atoms with van der Waals surface area (Å²) >= 11 is 1.66. The third-order valence-corrected chi connectivity index (χ3v) is 4.26. The molecule has 0 aliphatic carbocycles. The van der Waals surface area contributed by atoms with Crippen molar-refractivity contribution in [1.82, 2.24) is 5.43 Å². The van der Waals surface area contributed by atoms with Crippen LogP contribution < -0.4 is 10.7 Å². The fourth-order valence-corrected chi connectivity index (χ4v) is 2.49. The van der Waals surface area contributed by atoms with E-state index in [1.165, 1.54) is 4.90 Å². The molecular weight excluding hydrogens is 334 g/mol. The summed E-state index contributed by atoms with van der Waals surface area (Å²) in [5.74, 6) is -0.488. The summed E-state index contributed by atoms with van der Waals surface area (Å²) in [6, 6.07) is 15.4. The fraction of sp³-hybridized carbons (Fsp3) is 0.211. The van der Waals surface area contributed by atoms with Crippen molar-refractivity contribution in [3.8, 4) is 0 Å². The van der Waals surface area contributed by atoms with Crippen molar-refractivity contribution >= 4 is 35.5 Å². The van der Waals surface area contributed by atoms with Gasteiger partial charge in [-0.05, 0) is 42.5 Å². The van der Waals surface area contributed by atoms with Crippen LogP contribution in [0.5, 0.6) is 0 Å². The molecule has 0 aliphatic heterocycles. The molecule has 2 rings (SSSR count). The SMILES string of the molecule is CSc1ccc(C=NNC(=O)CCC(=O)Nc2ccccc2C)cc1. The molecule has 130 valence electrons. The summed E-state index contributed by atoms with van der Waals surface area (Å²) in [6.45, 7) is 1.92. The molecule has 0 aromatic heterocycles. The van der Waals surface area contributed by atoms with Crippen LogP contribution >= 0.6 is 11.8 Å². The molecule has 2 N–H and O–H groups in total. The second-order valence-corrected chi connectivity index (χ2v) is 6.31. The predicted octanol–water partition coefficient (Wildman–Crippen LogP) is 3.59. The Kier molecular flexibility index (Phi) is 7.22. The number of hydrogen-bond donors (Lipinski definition) is 2. The lowest BCUT2D eigenvalue weighted by molar-refractivity contribution is -0.124. The number of benzene rings is 2. The molecule has 2 amide bonds. The van der Waals surface area contributed by atoms with Crippen LogP contribution in [0.25, 0.3) is 0 Å². The summed E-state index contributed by atoms with van der Waals surface area (Å²) in [5.41, 5.74) is 5.08. The quantitative estimate of drug-likeness (QED) is 0.453. The molecule has 0 bridgehead atoms. The molecule has 0 unspecified atom stereocenters. The van der Waals surface area contributed by atoms with Gasteiger partial charge in [0.2, 0.25) is 11.8 Å². The molecule has 2 aromatic rings. The maximum Gasteiger partial charge on any atom is 0.240 e. The zero-order chi connectivity index (χ0) is 18.1. The van der Waals surface area contributed by atoms with Gasteiger partial charge in [0, 0.05) is 23.4 Å². The van der Waals surface area contributed by atoms with Crippen LogP contribution in [-0.2, 0) is 9.59 Å². The Labute approximate surface area is 151 Å². The van der Waals surface area contributed by atoms with Crippen LogP contribution in [0, 0.1) is 6.92 Å². The normalized spacial score (nSPS) is 10.6. The van der Waals surface area contributed by atoms with E-state index in [2.05, 4.69) is 15.8 Å². The molecule has 0 atom stereocenters. The van der Waals surface area contributed by atoms with E-state index in [0.29, 0.717) is 0 Å². The number of nitrogens with one attached hydrogen (secondary N) is 2. The van der Waals surface area contributed by atoms with Crippen molar-refractivity contribution in [3.05, 3.63) is 59.7 Å². The Balaban J connectivity index is 1.73. The molecule has 0 aliphatic rings. The number of carbonyl (C=O) groups excluding carboxylic acids is 2. The number of amides is 2. The number of rotatable bonds is 7. The molecule has 6 heteroatoms. The average Bonchev–Trinajstić information content (AvgIpc) is 2.62. The first-order valence-electron chi connectivity index (χ1n) is 7.90. The highest BCUT2D eigenvalue weighted by atomic mass is 32.2. The minimum Gasteiger partial charge on any atom is -0.326 e. The van der Waals surface area contributed by atoms with E-state index in [1.54, 1.807) is 18.0 Å². The number of aryl methyl sites for hydroxylation is 1. The highest BCUT2D eigenvalue weighted by Crippen LogP contribution is 2.14. The maximum absolute atomic E-state index is 11.9. The standard InChI is InChI=1S/C19H21N3O2S/c1-14-5-3-4-6-17(14)21-18(23)11-12-19(24)22-20-13-15-7-9-16(25-2)10-8-15/h3-10,13H,11-12H2,1-2H3,(H,21,23)(H,22,24). The topological polar surface area (TPSA) is 70.6 Å². The van der Waals surface area contributed by atoms with E-state index in [-0.39, 0.29) is 24.7 Å². The first-order valence-corrected chi connectivity index (χ1v) is 9.12. The number of hydrazone groups is 1. The summed E-state index contributed by atoms with van der Waals surface area (Å²) in [4.78, 5) is 24.8. The first-order chi connectivity index (χ1) is 12.1. The van der Waals surface area contributed by atoms with Crippen LogP contribution in [-0.4, -0.2) is 24.3 Å². The first kappa shape index (κ1) is 18.7. The van der Waals surface area contributed by atoms with Gasteiger partial charge in [0.05, 0.1) is 6.21 Å². The molecule has 5 nitrogen and oxygen atoms in total. The number of para-hydroxylation sites is 1. The largest absolute Gasteiger partial charge is 0.326 e. The second kappa shape index (κ2) is 9.64. The third-order valence-electron chi connectivity index (χ3n) is 3.52. The van der Waals surface area contributed by atoms with Crippen molar-refractivity contribution in [3.63, 3.8) is 0 Å². The minimum atomic E-state index is -0.295. The Bertz CT molecular complexity index is 758. The van der Waals surface area contributed by atoms with Gasteiger partial charge in [-0.2, -0.15) is 5.10 Å². The highest BCUT2D eigenvalue weighted by molar-refractivity contribution is 7.98. The summed E-state index contributed by atoms with van der Waals surface area (Å²) in [7, 11) is 0. The number of hydrogen-bond acceptors (Lipinski definition) is 4. The molecule has 0 saturated carbocycles. The van der Waals surface area contributed by atoms with Gasteiger partial charge in [-0.15, -0.1) is 11.8 Å². The second-order valence-electron chi connectivity index (χ2n) is 5.43. The molecule has 0 spiro atoms. The Morgan fingerprint density at radius 3 is 2.40 bits per heavy atom. The molecule has 2 aromatic carbocycles. The third kappa shape index (κ3) is 6.43. The lowest BCUT2D eigenvalue weighted by Gasteiger charge is -2.07. The zero-order valence-corrected chi connectivity index (χ0v) is 15.1. The monoisotopic (exact) mass is 355 g/mol. The van der Waals surface area contributed by atoms with E-state index >= 15 is 0 Å². The van der Waals surface area contributed by atoms with Gasteiger partial charge in [0.1, 0.15) is 0 Å². The van der Waals surface area contributed by atoms with E-state index in [9.17, 15) is 9.59 Å². The van der Waals surface area contributed by atoms with Crippen LogP contribution in [0.2, 0.25) is 0 Å². The van der Waals surface area contributed by atoms with E-state index < -0.39 is 0 Å². The van der Waals surface area contributed by atoms with Crippen molar-refractivity contribution in [2.24, 2.45) is 5.10 Å². The Morgan fingerprint density at radius 1 is 1.04 bits per heavy atom. The van der Waals surface area contributed by atoms with Crippen LogP contribution in [0.15, 0.2) is 58.5 Å². The van der Waals surface area contributed by atoms with Crippen molar-refractivity contribution < 1.29 is 9.59 Å². The van der Waals surface area contributed by atoms with E-state index in [1.807, 2.05) is 61.7 Å². The lowest BCUT2D eigenvalue weighted by atomic mass is 10.2. The van der Waals surface area contributed by atoms with Crippen LogP contribution in [0.4, 0.5) is 5.69 Å². The lowest BCUT2D eigenvalue weighted by Crippen LogP contribution is -2.20. The van der Waals surface area contributed by atoms with E-state index in [4.69, 9.17) is 0 Å². The zero-order valence-electron chi connectivity index (χ0n) is 14.3. The van der Waals surface area contributed by atoms with Gasteiger partial charge in [-0.3, -0.25) is 9.59 Å². The predicted molar refractivity (Wildman–Crippen MR) is 103 cm³/mol. The van der Waals surface area contributed by atoms with Crippen molar-refractivity contribution in [2.45, 2.75) is 24.7 Å². The van der Waals surface area contributed by atoms with Crippen LogP contribution in [0.1, 0.15) is 24.0 Å². The Morgan fingerprint density at radius 2 is 1.72 bits per heavy atom.